The third kappa shape index (κ3) is 3.61. The molecule has 1 aliphatic rings. The van der Waals surface area contributed by atoms with Crippen molar-refractivity contribution in [1.29, 1.82) is 0 Å². The zero-order valence-electron chi connectivity index (χ0n) is 14.9. The number of para-hydroxylation sites is 2. The molecule has 3 rings (SSSR count). The molecule has 1 amide bonds. The Labute approximate surface area is 153 Å². The molecule has 7 nitrogen and oxygen atoms in total. The summed E-state index contributed by atoms with van der Waals surface area (Å²) in [5.74, 6) is 0.185. The molecule has 1 saturated heterocycles. The van der Waals surface area contributed by atoms with Crippen molar-refractivity contribution >= 4 is 21.6 Å². The first-order chi connectivity index (χ1) is 12.4. The van der Waals surface area contributed by atoms with Gasteiger partial charge in [-0.2, -0.15) is 4.31 Å². The number of aromatic nitrogens is 1. The monoisotopic (exact) mass is 377 g/mol. The maximum Gasteiger partial charge on any atom is 0.272 e. The summed E-state index contributed by atoms with van der Waals surface area (Å²) in [4.78, 5) is 12.8. The normalized spacial score (nSPS) is 15.2. The van der Waals surface area contributed by atoms with Crippen LogP contribution in [0.4, 0.5) is 5.69 Å². The highest BCUT2D eigenvalue weighted by molar-refractivity contribution is 7.89. The van der Waals surface area contributed by atoms with E-state index in [9.17, 15) is 13.2 Å². The Balaban J connectivity index is 1.84. The molecule has 1 N–H and O–H groups in total. The van der Waals surface area contributed by atoms with E-state index in [4.69, 9.17) is 4.74 Å². The van der Waals surface area contributed by atoms with Crippen molar-refractivity contribution in [2.24, 2.45) is 7.05 Å². The van der Waals surface area contributed by atoms with Crippen molar-refractivity contribution in [1.82, 2.24) is 8.87 Å². The van der Waals surface area contributed by atoms with Gasteiger partial charge < -0.3 is 14.6 Å². The number of nitrogens with one attached hydrogen (secondary N) is 1. The summed E-state index contributed by atoms with van der Waals surface area (Å²) in [6.45, 7) is 3.40. The van der Waals surface area contributed by atoms with Gasteiger partial charge in [-0.05, 0) is 38.0 Å². The lowest BCUT2D eigenvalue weighted by molar-refractivity contribution is 0.101. The first kappa shape index (κ1) is 18.5. The third-order valence-electron chi connectivity index (χ3n) is 4.35. The van der Waals surface area contributed by atoms with Crippen LogP contribution in [0, 0.1) is 0 Å². The lowest BCUT2D eigenvalue weighted by atomic mass is 10.2. The zero-order chi connectivity index (χ0) is 18.7. The number of nitrogens with zero attached hydrogens (tertiary/aromatic N) is 2. The Morgan fingerprint density at radius 3 is 2.62 bits per heavy atom. The lowest BCUT2D eigenvalue weighted by Crippen LogP contribution is -2.27. The van der Waals surface area contributed by atoms with Gasteiger partial charge in [0.1, 0.15) is 16.3 Å². The molecule has 1 fully saturated rings. The number of benzene rings is 1. The van der Waals surface area contributed by atoms with Gasteiger partial charge in [-0.3, -0.25) is 4.79 Å². The number of amides is 1. The minimum atomic E-state index is -3.56. The largest absolute Gasteiger partial charge is 0.492 e. The quantitative estimate of drug-likeness (QED) is 0.839. The second kappa shape index (κ2) is 7.51. The van der Waals surface area contributed by atoms with Crippen molar-refractivity contribution in [2.75, 3.05) is 25.0 Å². The fourth-order valence-electron chi connectivity index (χ4n) is 3.02. The van der Waals surface area contributed by atoms with Crippen LogP contribution in [0.2, 0.25) is 0 Å². The number of aryl methyl sites for hydroxylation is 1. The van der Waals surface area contributed by atoms with E-state index in [0.29, 0.717) is 31.1 Å². The average Bonchev–Trinajstić information content (AvgIpc) is 3.27. The first-order valence-electron chi connectivity index (χ1n) is 8.63. The molecule has 0 aliphatic carbocycles. The third-order valence-corrected chi connectivity index (χ3v) is 6.21. The maximum atomic E-state index is 12.7. The Bertz CT molecular complexity index is 899. The van der Waals surface area contributed by atoms with Gasteiger partial charge in [0.25, 0.3) is 5.91 Å². The molecule has 0 bridgehead atoms. The molecule has 1 aromatic carbocycles. The fourth-order valence-corrected chi connectivity index (χ4v) is 4.61. The van der Waals surface area contributed by atoms with Gasteiger partial charge >= 0.3 is 0 Å². The van der Waals surface area contributed by atoms with E-state index in [-0.39, 0.29) is 16.5 Å². The van der Waals surface area contributed by atoms with Crippen molar-refractivity contribution in [2.45, 2.75) is 24.7 Å². The van der Waals surface area contributed by atoms with E-state index in [1.807, 2.05) is 13.0 Å². The molecule has 1 aliphatic heterocycles. The maximum absolute atomic E-state index is 12.7. The zero-order valence-corrected chi connectivity index (χ0v) is 15.8. The van der Waals surface area contributed by atoms with Gasteiger partial charge in [0.15, 0.2) is 0 Å². The van der Waals surface area contributed by atoms with Crippen molar-refractivity contribution < 1.29 is 17.9 Å². The van der Waals surface area contributed by atoms with Crippen LogP contribution in [0.25, 0.3) is 0 Å². The van der Waals surface area contributed by atoms with Gasteiger partial charge in [0, 0.05) is 26.3 Å². The number of carbonyl (C=O) groups is 1. The highest BCUT2D eigenvalue weighted by atomic mass is 32.2. The Hall–Kier alpha value is -2.32. The number of carbonyl (C=O) groups excluding carboxylic acids is 1. The Morgan fingerprint density at radius 2 is 1.92 bits per heavy atom. The molecule has 140 valence electrons. The summed E-state index contributed by atoms with van der Waals surface area (Å²) >= 11 is 0. The summed E-state index contributed by atoms with van der Waals surface area (Å²) in [5, 5.41) is 2.79. The van der Waals surface area contributed by atoms with Gasteiger partial charge in [-0.1, -0.05) is 12.1 Å². The molecular weight excluding hydrogens is 354 g/mol. The van der Waals surface area contributed by atoms with Gasteiger partial charge in [0.05, 0.1) is 12.3 Å². The van der Waals surface area contributed by atoms with Crippen LogP contribution in [0.15, 0.2) is 41.4 Å². The highest BCUT2D eigenvalue weighted by Crippen LogP contribution is 2.26. The number of hydrogen-bond donors (Lipinski definition) is 1. The number of hydrogen-bond acceptors (Lipinski definition) is 4. The van der Waals surface area contributed by atoms with E-state index in [2.05, 4.69) is 5.32 Å². The van der Waals surface area contributed by atoms with Gasteiger partial charge in [0.2, 0.25) is 10.0 Å². The molecule has 2 heterocycles. The second-order valence-corrected chi connectivity index (χ2v) is 8.10. The minimum absolute atomic E-state index is 0.144. The topological polar surface area (TPSA) is 80.6 Å². The minimum Gasteiger partial charge on any atom is -0.492 e. The molecule has 0 saturated carbocycles. The smallest absolute Gasteiger partial charge is 0.272 e. The predicted molar refractivity (Wildman–Crippen MR) is 99.0 cm³/mol. The van der Waals surface area contributed by atoms with Crippen LogP contribution in [-0.2, 0) is 17.1 Å². The number of rotatable bonds is 6. The standard InChI is InChI=1S/C18H23N3O4S/c1-3-25-17-9-5-4-8-15(17)19-18(22)16-12-14(13-20(16)2)26(23,24)21-10-6-7-11-21/h4-5,8-9,12-13H,3,6-7,10-11H2,1-2H3,(H,19,22). The average molecular weight is 377 g/mol. The summed E-state index contributed by atoms with van der Waals surface area (Å²) in [6, 6.07) is 8.56. The van der Waals surface area contributed by atoms with E-state index in [1.54, 1.807) is 25.2 Å². The summed E-state index contributed by atoms with van der Waals surface area (Å²) in [7, 11) is -1.90. The number of anilines is 1. The molecule has 0 radical (unpaired) electrons. The molecule has 1 aromatic heterocycles. The van der Waals surface area contributed by atoms with Crippen LogP contribution in [0.5, 0.6) is 5.75 Å². The van der Waals surface area contributed by atoms with Crippen molar-refractivity contribution in [3.05, 3.63) is 42.2 Å². The molecule has 2 aromatic rings. The Morgan fingerprint density at radius 1 is 1.23 bits per heavy atom. The summed E-state index contributed by atoms with van der Waals surface area (Å²) < 4.78 is 33.9. The van der Waals surface area contributed by atoms with Gasteiger partial charge in [-0.25, -0.2) is 8.42 Å². The van der Waals surface area contributed by atoms with Crippen molar-refractivity contribution in [3.63, 3.8) is 0 Å². The summed E-state index contributed by atoms with van der Waals surface area (Å²) in [5.41, 5.74) is 0.818. The molecule has 8 heteroatoms. The molecule has 0 atom stereocenters. The van der Waals surface area contributed by atoms with Crippen LogP contribution >= 0.6 is 0 Å². The van der Waals surface area contributed by atoms with Crippen LogP contribution in [0.3, 0.4) is 0 Å². The van der Waals surface area contributed by atoms with E-state index < -0.39 is 10.0 Å². The van der Waals surface area contributed by atoms with E-state index >= 15 is 0 Å². The molecule has 26 heavy (non-hydrogen) atoms. The van der Waals surface area contributed by atoms with Gasteiger partial charge in [-0.15, -0.1) is 0 Å². The second-order valence-electron chi connectivity index (χ2n) is 6.17. The highest BCUT2D eigenvalue weighted by Gasteiger charge is 2.29. The van der Waals surface area contributed by atoms with Crippen LogP contribution < -0.4 is 10.1 Å². The fraction of sp³-hybridized carbons (Fsp3) is 0.389. The van der Waals surface area contributed by atoms with Crippen LogP contribution in [-0.4, -0.2) is 42.9 Å². The number of sulfonamides is 1. The lowest BCUT2D eigenvalue weighted by Gasteiger charge is -2.13. The molecular formula is C18H23N3O4S. The predicted octanol–water partition coefficient (Wildman–Crippen LogP) is 2.46. The molecule has 0 spiro atoms. The Kier molecular flexibility index (Phi) is 5.33. The number of ether oxygens (including phenoxy) is 1. The summed E-state index contributed by atoms with van der Waals surface area (Å²) in [6.07, 6.45) is 3.22. The van der Waals surface area contributed by atoms with E-state index in [0.717, 1.165) is 12.8 Å². The van der Waals surface area contributed by atoms with Crippen LogP contribution in [0.1, 0.15) is 30.3 Å². The van der Waals surface area contributed by atoms with Crippen molar-refractivity contribution in [3.8, 4) is 5.75 Å². The molecule has 0 unspecified atom stereocenters. The SMILES string of the molecule is CCOc1ccccc1NC(=O)c1cc(S(=O)(=O)N2CCCC2)cn1C. The first-order valence-corrected chi connectivity index (χ1v) is 10.1. The van der Waals surface area contributed by atoms with E-state index in [1.165, 1.54) is 21.1 Å².